The third-order valence-corrected chi connectivity index (χ3v) is 8.09. The zero-order valence-corrected chi connectivity index (χ0v) is 19.8. The van der Waals surface area contributed by atoms with Crippen molar-refractivity contribution in [2.75, 3.05) is 36.0 Å². The Kier molecular flexibility index (Phi) is 8.27. The Labute approximate surface area is 196 Å². The van der Waals surface area contributed by atoms with Gasteiger partial charge in [0.1, 0.15) is 0 Å². The summed E-state index contributed by atoms with van der Waals surface area (Å²) in [5.41, 5.74) is 0. The van der Waals surface area contributed by atoms with Crippen LogP contribution < -0.4 is 20.1 Å². The third kappa shape index (κ3) is 7.22. The fourth-order valence-electron chi connectivity index (χ4n) is 3.71. The molecule has 0 aromatic carbocycles. The molecule has 2 aromatic rings. The van der Waals surface area contributed by atoms with Gasteiger partial charge in [0.15, 0.2) is 11.6 Å². The quantitative estimate of drug-likeness (QED) is 0.546. The largest absolute Gasteiger partial charge is 0.339 e. The molecule has 2 aromatic heterocycles. The number of rotatable bonds is 4. The summed E-state index contributed by atoms with van der Waals surface area (Å²) in [5.74, 6) is -0.373. The van der Waals surface area contributed by atoms with Crippen molar-refractivity contribution in [1.29, 1.82) is 0 Å². The summed E-state index contributed by atoms with van der Waals surface area (Å²) in [6.45, 7) is 1.81. The Bertz CT molecular complexity index is 1070. The van der Waals surface area contributed by atoms with E-state index < -0.39 is 42.2 Å². The van der Waals surface area contributed by atoms with Crippen LogP contribution in [0.4, 0.5) is 20.7 Å². The maximum Gasteiger partial charge on any atom is 0.225 e. The van der Waals surface area contributed by atoms with Crippen LogP contribution in [-0.4, -0.2) is 73.5 Å². The van der Waals surface area contributed by atoms with Crippen molar-refractivity contribution in [2.24, 2.45) is 10.3 Å². The van der Waals surface area contributed by atoms with Gasteiger partial charge in [-0.25, -0.2) is 55.8 Å². The summed E-state index contributed by atoms with van der Waals surface area (Å²) < 4.78 is 70.4. The van der Waals surface area contributed by atoms with Crippen LogP contribution in [-0.2, 0) is 20.0 Å². The summed E-state index contributed by atoms with van der Waals surface area (Å²) in [6.07, 6.45) is 6.70. The molecule has 0 spiro atoms. The van der Waals surface area contributed by atoms with E-state index in [1.54, 1.807) is 9.80 Å². The number of nitrogens with zero attached hydrogens (tertiary/aromatic N) is 6. The topological polar surface area (TPSA) is 178 Å². The molecule has 0 radical (unpaired) electrons. The second-order valence-electron chi connectivity index (χ2n) is 8.00. The maximum absolute atomic E-state index is 12.7. The van der Waals surface area contributed by atoms with Crippen LogP contribution in [0.3, 0.4) is 0 Å². The molecule has 0 amide bonds. The molecule has 0 bridgehead atoms. The number of primary sulfonamides is 2. The minimum absolute atomic E-state index is 0.254. The summed E-state index contributed by atoms with van der Waals surface area (Å²) in [4.78, 5) is 18.7. The molecule has 16 heteroatoms. The van der Waals surface area contributed by atoms with Gasteiger partial charge < -0.3 is 9.80 Å². The van der Waals surface area contributed by atoms with Gasteiger partial charge in [0.25, 0.3) is 0 Å². The van der Waals surface area contributed by atoms with E-state index in [4.69, 9.17) is 10.3 Å². The van der Waals surface area contributed by atoms with Gasteiger partial charge in [0, 0.05) is 26.2 Å². The van der Waals surface area contributed by atoms with Crippen LogP contribution in [0.25, 0.3) is 0 Å². The highest BCUT2D eigenvalue weighted by Crippen LogP contribution is 2.20. The Morgan fingerprint density at radius 2 is 1.03 bits per heavy atom. The second kappa shape index (κ2) is 10.8. The first-order valence-corrected chi connectivity index (χ1v) is 13.6. The zero-order chi connectivity index (χ0) is 24.9. The molecule has 12 nitrogen and oxygen atoms in total. The van der Waals surface area contributed by atoms with E-state index in [1.165, 1.54) is 0 Å². The minimum Gasteiger partial charge on any atom is -0.339 e. The Hall–Kier alpha value is -2.56. The molecule has 0 saturated carbocycles. The SMILES string of the molecule is NS(=O)(=O)[C@@H]1CCCN(c2ncc(F)cn2)C1.NS(=O)(=O)[C@H]1CCCN(c2ncc(F)cn2)C1. The summed E-state index contributed by atoms with van der Waals surface area (Å²) in [6, 6.07) is 0. The molecule has 2 atom stereocenters. The average Bonchev–Trinajstić information content (AvgIpc) is 2.80. The van der Waals surface area contributed by atoms with Crippen molar-refractivity contribution in [3.63, 3.8) is 0 Å². The van der Waals surface area contributed by atoms with E-state index in [1.807, 2.05) is 0 Å². The highest BCUT2D eigenvalue weighted by atomic mass is 32.2. The van der Waals surface area contributed by atoms with Crippen LogP contribution >= 0.6 is 0 Å². The smallest absolute Gasteiger partial charge is 0.225 e. The zero-order valence-electron chi connectivity index (χ0n) is 18.2. The number of piperidine rings is 2. The Morgan fingerprint density at radius 3 is 1.32 bits per heavy atom. The van der Waals surface area contributed by atoms with Crippen molar-refractivity contribution >= 4 is 31.9 Å². The van der Waals surface area contributed by atoms with E-state index in [0.29, 0.717) is 50.7 Å². The molecule has 2 fully saturated rings. The van der Waals surface area contributed by atoms with Crippen molar-refractivity contribution < 1.29 is 25.6 Å². The van der Waals surface area contributed by atoms with Gasteiger partial charge in [-0.2, -0.15) is 0 Å². The minimum atomic E-state index is -3.55. The second-order valence-corrected chi connectivity index (χ2v) is 11.7. The molecule has 0 aliphatic carbocycles. The molecule has 188 valence electrons. The van der Waals surface area contributed by atoms with Gasteiger partial charge in [0.05, 0.1) is 35.3 Å². The standard InChI is InChI=1S/2C9H13FN4O2S/c2*10-7-4-12-9(13-5-7)14-3-1-2-8(6-14)17(11,15)16/h2*4-5,8H,1-3,6H2,(H2,11,15,16)/t2*8-/m10/s1. The van der Waals surface area contributed by atoms with Crippen LogP contribution in [0.2, 0.25) is 0 Å². The highest BCUT2D eigenvalue weighted by molar-refractivity contribution is 7.90. The number of halogens is 2. The molecular weight excluding hydrogens is 494 g/mol. The van der Waals surface area contributed by atoms with Gasteiger partial charge in [-0.1, -0.05) is 0 Å². The van der Waals surface area contributed by atoms with E-state index in [9.17, 15) is 25.6 Å². The van der Waals surface area contributed by atoms with Crippen molar-refractivity contribution in [2.45, 2.75) is 36.2 Å². The lowest BCUT2D eigenvalue weighted by atomic mass is 10.1. The highest BCUT2D eigenvalue weighted by Gasteiger charge is 2.30. The molecule has 2 saturated heterocycles. The van der Waals surface area contributed by atoms with E-state index >= 15 is 0 Å². The Morgan fingerprint density at radius 1 is 0.706 bits per heavy atom. The van der Waals surface area contributed by atoms with E-state index in [2.05, 4.69) is 19.9 Å². The van der Waals surface area contributed by atoms with Crippen LogP contribution in [0.15, 0.2) is 24.8 Å². The molecule has 2 aliphatic rings. The third-order valence-electron chi connectivity index (χ3n) is 5.46. The van der Waals surface area contributed by atoms with E-state index in [-0.39, 0.29) is 13.1 Å². The number of hydrogen-bond donors (Lipinski definition) is 2. The van der Waals surface area contributed by atoms with Gasteiger partial charge >= 0.3 is 0 Å². The fourth-order valence-corrected chi connectivity index (χ4v) is 5.48. The van der Waals surface area contributed by atoms with Crippen molar-refractivity contribution in [3.05, 3.63) is 36.4 Å². The number of anilines is 2. The van der Waals surface area contributed by atoms with Gasteiger partial charge in [0.2, 0.25) is 31.9 Å². The molecule has 34 heavy (non-hydrogen) atoms. The normalized spacial score (nSPS) is 21.5. The molecule has 2 aliphatic heterocycles. The molecule has 4 N–H and O–H groups in total. The molecular formula is C18H26F2N8O4S2. The van der Waals surface area contributed by atoms with Crippen molar-refractivity contribution in [3.8, 4) is 0 Å². The predicted octanol–water partition coefficient (Wildman–Crippen LogP) is -0.254. The lowest BCUT2D eigenvalue weighted by Gasteiger charge is -2.31. The monoisotopic (exact) mass is 520 g/mol. The maximum atomic E-state index is 12.7. The first-order chi connectivity index (χ1) is 15.9. The lowest BCUT2D eigenvalue weighted by Crippen LogP contribution is -2.45. The predicted molar refractivity (Wildman–Crippen MR) is 121 cm³/mol. The summed E-state index contributed by atoms with van der Waals surface area (Å²) in [5, 5.41) is 9.03. The van der Waals surface area contributed by atoms with Crippen LogP contribution in [0, 0.1) is 11.6 Å². The van der Waals surface area contributed by atoms with Crippen molar-refractivity contribution in [1.82, 2.24) is 19.9 Å². The molecule has 4 heterocycles. The first kappa shape index (κ1) is 26.1. The Balaban J connectivity index is 0.000000191. The van der Waals surface area contributed by atoms with Crippen LogP contribution in [0.5, 0.6) is 0 Å². The number of hydrogen-bond acceptors (Lipinski definition) is 10. The van der Waals surface area contributed by atoms with E-state index in [0.717, 1.165) is 24.8 Å². The first-order valence-electron chi connectivity index (χ1n) is 10.4. The number of nitrogens with two attached hydrogens (primary N) is 2. The van der Waals surface area contributed by atoms with Gasteiger partial charge in [-0.3, -0.25) is 0 Å². The fraction of sp³-hybridized carbons (Fsp3) is 0.556. The number of sulfonamides is 2. The van der Waals surface area contributed by atoms with Crippen LogP contribution in [0.1, 0.15) is 25.7 Å². The summed E-state index contributed by atoms with van der Waals surface area (Å²) in [7, 11) is -7.09. The average molecular weight is 521 g/mol. The molecule has 0 unspecified atom stereocenters. The van der Waals surface area contributed by atoms with Gasteiger partial charge in [-0.15, -0.1) is 0 Å². The number of aromatic nitrogens is 4. The lowest BCUT2D eigenvalue weighted by molar-refractivity contribution is 0.526. The summed E-state index contributed by atoms with van der Waals surface area (Å²) >= 11 is 0. The molecule has 4 rings (SSSR count). The van der Waals surface area contributed by atoms with Gasteiger partial charge in [-0.05, 0) is 25.7 Å².